The lowest BCUT2D eigenvalue weighted by Crippen LogP contribution is -2.05. The number of phenolic OH excluding ortho intramolecular Hbond substituents is 1. The predicted octanol–water partition coefficient (Wildman–Crippen LogP) is 1.85. The Labute approximate surface area is 79.4 Å². The molecule has 1 aromatic rings. The molecule has 0 heterocycles. The molecule has 0 atom stereocenters. The van der Waals surface area contributed by atoms with Crippen LogP contribution in [0.15, 0.2) is 18.2 Å². The van der Waals surface area contributed by atoms with Crippen LogP contribution in [0.4, 0.5) is 0 Å². The van der Waals surface area contributed by atoms with Gasteiger partial charge in [-0.05, 0) is 36.6 Å². The molecule has 0 aliphatic rings. The highest BCUT2D eigenvalue weighted by molar-refractivity contribution is 5.39. The first-order valence-electron chi connectivity index (χ1n) is 4.79. The topological polar surface area (TPSA) is 46.2 Å². The number of hydrogen-bond acceptors (Lipinski definition) is 2. The monoisotopic (exact) mass is 179 g/mol. The second-order valence-electron chi connectivity index (χ2n) is 3.20. The maximum atomic E-state index is 9.61. The van der Waals surface area contributed by atoms with E-state index in [1.807, 2.05) is 12.1 Å². The van der Waals surface area contributed by atoms with E-state index in [1.54, 1.807) is 6.07 Å². The Hall–Kier alpha value is -1.02. The Bertz CT molecular complexity index is 271. The second-order valence-corrected chi connectivity index (χ2v) is 3.20. The summed E-state index contributed by atoms with van der Waals surface area (Å²) in [6.45, 7) is 2.75. The third kappa shape index (κ3) is 2.46. The van der Waals surface area contributed by atoms with Crippen LogP contribution in [-0.4, -0.2) is 11.7 Å². The van der Waals surface area contributed by atoms with E-state index in [1.165, 1.54) is 5.56 Å². The minimum Gasteiger partial charge on any atom is -0.508 e. The van der Waals surface area contributed by atoms with E-state index in [0.717, 1.165) is 24.8 Å². The van der Waals surface area contributed by atoms with Gasteiger partial charge in [0.05, 0.1) is 0 Å². The van der Waals surface area contributed by atoms with E-state index >= 15 is 0 Å². The fourth-order valence-electron chi connectivity index (χ4n) is 1.55. The fourth-order valence-corrected chi connectivity index (χ4v) is 1.55. The molecular formula is C11H17NO. The minimum atomic E-state index is 0.410. The molecule has 1 aromatic carbocycles. The summed E-state index contributed by atoms with van der Waals surface area (Å²) in [6, 6.07) is 5.65. The summed E-state index contributed by atoms with van der Waals surface area (Å²) in [5.41, 5.74) is 7.74. The molecule has 72 valence electrons. The first-order chi connectivity index (χ1) is 6.29. The smallest absolute Gasteiger partial charge is 0.119 e. The molecule has 2 heteroatoms. The molecular weight excluding hydrogens is 162 g/mol. The normalized spacial score (nSPS) is 10.3. The molecule has 0 saturated heterocycles. The van der Waals surface area contributed by atoms with Gasteiger partial charge in [0.2, 0.25) is 0 Å². The maximum absolute atomic E-state index is 9.61. The Kier molecular flexibility index (Phi) is 3.77. The van der Waals surface area contributed by atoms with Crippen molar-refractivity contribution in [2.45, 2.75) is 26.2 Å². The van der Waals surface area contributed by atoms with Gasteiger partial charge in [-0.15, -0.1) is 0 Å². The van der Waals surface area contributed by atoms with Crippen molar-refractivity contribution in [3.8, 4) is 5.75 Å². The van der Waals surface area contributed by atoms with Gasteiger partial charge in [-0.3, -0.25) is 0 Å². The molecule has 0 spiro atoms. The Morgan fingerprint density at radius 2 is 2.08 bits per heavy atom. The van der Waals surface area contributed by atoms with E-state index in [2.05, 4.69) is 6.92 Å². The molecule has 0 aliphatic carbocycles. The number of aromatic hydroxyl groups is 1. The molecule has 0 aromatic heterocycles. The van der Waals surface area contributed by atoms with Crippen LogP contribution in [0, 0.1) is 0 Å². The third-order valence-corrected chi connectivity index (χ3v) is 2.16. The molecule has 0 bridgehead atoms. The van der Waals surface area contributed by atoms with Gasteiger partial charge in [0.25, 0.3) is 0 Å². The number of phenols is 1. The highest BCUT2D eigenvalue weighted by Gasteiger charge is 2.05. The lowest BCUT2D eigenvalue weighted by Gasteiger charge is -2.09. The van der Waals surface area contributed by atoms with E-state index in [0.29, 0.717) is 12.3 Å². The predicted molar refractivity (Wildman–Crippen MR) is 54.9 cm³/mol. The lowest BCUT2D eigenvalue weighted by molar-refractivity contribution is 0.466. The molecule has 0 aliphatic heterocycles. The van der Waals surface area contributed by atoms with E-state index in [4.69, 9.17) is 5.73 Å². The van der Waals surface area contributed by atoms with Crippen molar-refractivity contribution in [1.29, 1.82) is 0 Å². The molecule has 13 heavy (non-hydrogen) atoms. The molecule has 0 saturated carbocycles. The zero-order valence-corrected chi connectivity index (χ0v) is 8.09. The standard InChI is InChI=1S/C11H17NO/c1-2-4-10-9(7-8-12)5-3-6-11(10)13/h3,5-6,13H,2,4,7-8,12H2,1H3. The Morgan fingerprint density at radius 3 is 2.69 bits per heavy atom. The molecule has 0 unspecified atom stereocenters. The summed E-state index contributed by atoms with van der Waals surface area (Å²) >= 11 is 0. The number of benzene rings is 1. The molecule has 2 nitrogen and oxygen atoms in total. The first kappa shape index (κ1) is 10.1. The van der Waals surface area contributed by atoms with E-state index in [9.17, 15) is 5.11 Å². The SMILES string of the molecule is CCCc1c(O)cccc1CCN. The molecule has 0 radical (unpaired) electrons. The summed E-state index contributed by atoms with van der Waals surface area (Å²) < 4.78 is 0. The van der Waals surface area contributed by atoms with Gasteiger partial charge in [-0.1, -0.05) is 25.5 Å². The fraction of sp³-hybridized carbons (Fsp3) is 0.455. The van der Waals surface area contributed by atoms with Crippen molar-refractivity contribution < 1.29 is 5.11 Å². The van der Waals surface area contributed by atoms with Crippen LogP contribution in [0.5, 0.6) is 5.75 Å². The van der Waals surface area contributed by atoms with Crippen LogP contribution in [0.2, 0.25) is 0 Å². The number of hydrogen-bond donors (Lipinski definition) is 2. The minimum absolute atomic E-state index is 0.410. The van der Waals surface area contributed by atoms with Crippen LogP contribution in [0.25, 0.3) is 0 Å². The first-order valence-corrected chi connectivity index (χ1v) is 4.79. The van der Waals surface area contributed by atoms with Crippen molar-refractivity contribution in [2.24, 2.45) is 5.73 Å². The van der Waals surface area contributed by atoms with E-state index < -0.39 is 0 Å². The number of nitrogens with two attached hydrogens (primary N) is 1. The molecule has 3 N–H and O–H groups in total. The summed E-state index contributed by atoms with van der Waals surface area (Å²) in [7, 11) is 0. The van der Waals surface area contributed by atoms with Gasteiger partial charge >= 0.3 is 0 Å². The quantitative estimate of drug-likeness (QED) is 0.741. The molecule has 1 rings (SSSR count). The molecule has 0 amide bonds. The summed E-state index contributed by atoms with van der Waals surface area (Å²) in [6.07, 6.45) is 2.83. The van der Waals surface area contributed by atoms with Crippen molar-refractivity contribution in [3.05, 3.63) is 29.3 Å². The van der Waals surface area contributed by atoms with Gasteiger partial charge < -0.3 is 10.8 Å². The number of rotatable bonds is 4. The Balaban J connectivity index is 2.95. The van der Waals surface area contributed by atoms with E-state index in [-0.39, 0.29) is 0 Å². The van der Waals surface area contributed by atoms with Gasteiger partial charge in [-0.25, -0.2) is 0 Å². The second kappa shape index (κ2) is 4.87. The largest absolute Gasteiger partial charge is 0.508 e. The average Bonchev–Trinajstić information content (AvgIpc) is 2.11. The van der Waals surface area contributed by atoms with Crippen molar-refractivity contribution in [1.82, 2.24) is 0 Å². The van der Waals surface area contributed by atoms with Crippen LogP contribution >= 0.6 is 0 Å². The van der Waals surface area contributed by atoms with Crippen LogP contribution in [0.1, 0.15) is 24.5 Å². The molecule has 0 fully saturated rings. The van der Waals surface area contributed by atoms with Gasteiger partial charge in [-0.2, -0.15) is 0 Å². The van der Waals surface area contributed by atoms with Gasteiger partial charge in [0, 0.05) is 0 Å². The third-order valence-electron chi connectivity index (χ3n) is 2.16. The highest BCUT2D eigenvalue weighted by atomic mass is 16.3. The van der Waals surface area contributed by atoms with Crippen molar-refractivity contribution in [3.63, 3.8) is 0 Å². The van der Waals surface area contributed by atoms with Crippen LogP contribution in [0.3, 0.4) is 0 Å². The van der Waals surface area contributed by atoms with Gasteiger partial charge in [0.15, 0.2) is 0 Å². The average molecular weight is 179 g/mol. The summed E-state index contributed by atoms with van der Waals surface area (Å²) in [5.74, 6) is 0.410. The van der Waals surface area contributed by atoms with Crippen molar-refractivity contribution >= 4 is 0 Å². The van der Waals surface area contributed by atoms with Gasteiger partial charge in [0.1, 0.15) is 5.75 Å². The van der Waals surface area contributed by atoms with Crippen LogP contribution in [-0.2, 0) is 12.8 Å². The summed E-state index contributed by atoms with van der Waals surface area (Å²) in [5, 5.41) is 9.61. The zero-order chi connectivity index (χ0) is 9.68. The highest BCUT2D eigenvalue weighted by Crippen LogP contribution is 2.22. The lowest BCUT2D eigenvalue weighted by atomic mass is 10.00. The zero-order valence-electron chi connectivity index (χ0n) is 8.09. The maximum Gasteiger partial charge on any atom is 0.119 e. The summed E-state index contributed by atoms with van der Waals surface area (Å²) in [4.78, 5) is 0. The Morgan fingerprint density at radius 1 is 1.31 bits per heavy atom. The van der Waals surface area contributed by atoms with Crippen LogP contribution < -0.4 is 5.73 Å². The van der Waals surface area contributed by atoms with Crippen molar-refractivity contribution in [2.75, 3.05) is 6.54 Å².